The van der Waals surface area contributed by atoms with Crippen LogP contribution in [-0.2, 0) is 11.3 Å². The molecular weight excluding hydrogens is 452 g/mol. The number of carbonyl (C=O) groups excluding carboxylic acids is 3. The number of aryl methyl sites for hydroxylation is 1. The standard InChI is InChI=1S/C29H34N4O3/c1-21-6-8-22(9-7-21)20-31-14-16-33(17-15-31)28(35)25-19-30-26-11-10-23(18-24(25)26)27(34)29(36)32-12-4-2-3-5-13-32/h6-11,18-19,30H,2-5,12-17,20H2,1H3. The van der Waals surface area contributed by atoms with Crippen molar-refractivity contribution in [3.63, 3.8) is 0 Å². The van der Waals surface area contributed by atoms with Crippen LogP contribution >= 0.6 is 0 Å². The van der Waals surface area contributed by atoms with E-state index < -0.39 is 11.7 Å². The van der Waals surface area contributed by atoms with Crippen LogP contribution in [0.2, 0.25) is 0 Å². The summed E-state index contributed by atoms with van der Waals surface area (Å²) < 4.78 is 0. The quantitative estimate of drug-likeness (QED) is 0.437. The van der Waals surface area contributed by atoms with E-state index in [0.29, 0.717) is 42.7 Å². The molecule has 3 heterocycles. The highest BCUT2D eigenvalue weighted by molar-refractivity contribution is 6.43. The van der Waals surface area contributed by atoms with E-state index >= 15 is 0 Å². The maximum Gasteiger partial charge on any atom is 0.294 e. The van der Waals surface area contributed by atoms with Gasteiger partial charge in [0.25, 0.3) is 11.8 Å². The van der Waals surface area contributed by atoms with Gasteiger partial charge in [-0.2, -0.15) is 0 Å². The molecule has 0 atom stereocenters. The van der Waals surface area contributed by atoms with Crippen molar-refractivity contribution in [3.05, 3.63) is 70.9 Å². The van der Waals surface area contributed by atoms with Crippen molar-refractivity contribution >= 4 is 28.5 Å². The fourth-order valence-corrected chi connectivity index (χ4v) is 5.21. The first-order valence-corrected chi connectivity index (χ1v) is 13.0. The number of ketones is 1. The molecule has 188 valence electrons. The maximum absolute atomic E-state index is 13.4. The molecule has 0 saturated carbocycles. The number of aromatic amines is 1. The van der Waals surface area contributed by atoms with E-state index in [2.05, 4.69) is 41.1 Å². The van der Waals surface area contributed by atoms with Crippen molar-refractivity contribution in [3.8, 4) is 0 Å². The summed E-state index contributed by atoms with van der Waals surface area (Å²) in [5.41, 5.74) is 4.21. The van der Waals surface area contributed by atoms with Crippen LogP contribution in [0.4, 0.5) is 0 Å². The SMILES string of the molecule is Cc1ccc(CN2CCN(C(=O)c3c[nH]c4ccc(C(=O)C(=O)N5CCCCCC5)cc34)CC2)cc1. The first-order valence-electron chi connectivity index (χ1n) is 13.0. The zero-order valence-electron chi connectivity index (χ0n) is 21.0. The minimum absolute atomic E-state index is 0.0420. The first kappa shape index (κ1) is 24.3. The highest BCUT2D eigenvalue weighted by Crippen LogP contribution is 2.23. The van der Waals surface area contributed by atoms with E-state index in [4.69, 9.17) is 0 Å². The molecule has 2 aliphatic rings. The Hall–Kier alpha value is -3.45. The van der Waals surface area contributed by atoms with Crippen molar-refractivity contribution in [1.29, 1.82) is 0 Å². The molecule has 2 aromatic carbocycles. The molecule has 2 aliphatic heterocycles. The van der Waals surface area contributed by atoms with Gasteiger partial charge in [-0.05, 0) is 43.5 Å². The molecule has 3 aromatic rings. The summed E-state index contributed by atoms with van der Waals surface area (Å²) in [5.74, 6) is -0.979. The van der Waals surface area contributed by atoms with Gasteiger partial charge in [-0.3, -0.25) is 19.3 Å². The number of Topliss-reactive ketones (excluding diaryl/α,β-unsaturated/α-hetero) is 1. The number of aromatic nitrogens is 1. The number of nitrogens with zero attached hydrogens (tertiary/aromatic N) is 3. The van der Waals surface area contributed by atoms with Crippen LogP contribution in [0.3, 0.4) is 0 Å². The summed E-state index contributed by atoms with van der Waals surface area (Å²) in [6.45, 7) is 7.18. The Morgan fingerprint density at radius 1 is 0.806 bits per heavy atom. The van der Waals surface area contributed by atoms with Gasteiger partial charge in [0.1, 0.15) is 0 Å². The lowest BCUT2D eigenvalue weighted by atomic mass is 10.0. The zero-order valence-corrected chi connectivity index (χ0v) is 21.0. The van der Waals surface area contributed by atoms with Gasteiger partial charge >= 0.3 is 0 Å². The molecule has 2 amide bonds. The van der Waals surface area contributed by atoms with Gasteiger partial charge in [-0.1, -0.05) is 42.7 Å². The maximum atomic E-state index is 13.4. The fourth-order valence-electron chi connectivity index (χ4n) is 5.21. The van der Waals surface area contributed by atoms with Gasteiger partial charge in [-0.15, -0.1) is 0 Å². The number of piperazine rings is 1. The highest BCUT2D eigenvalue weighted by atomic mass is 16.2. The van der Waals surface area contributed by atoms with Crippen LogP contribution in [0.25, 0.3) is 10.9 Å². The second-order valence-electron chi connectivity index (χ2n) is 10.1. The van der Waals surface area contributed by atoms with Gasteiger partial charge < -0.3 is 14.8 Å². The third-order valence-corrected chi connectivity index (χ3v) is 7.45. The molecule has 36 heavy (non-hydrogen) atoms. The molecule has 0 spiro atoms. The molecule has 1 N–H and O–H groups in total. The minimum atomic E-state index is -0.497. The lowest BCUT2D eigenvalue weighted by Gasteiger charge is -2.34. The topological polar surface area (TPSA) is 76.7 Å². The smallest absolute Gasteiger partial charge is 0.294 e. The lowest BCUT2D eigenvalue weighted by molar-refractivity contribution is -0.126. The largest absolute Gasteiger partial charge is 0.360 e. The van der Waals surface area contributed by atoms with Crippen molar-refractivity contribution in [2.24, 2.45) is 0 Å². The Morgan fingerprint density at radius 2 is 1.50 bits per heavy atom. The number of carbonyl (C=O) groups is 3. The number of rotatable bonds is 5. The molecule has 0 unspecified atom stereocenters. The number of H-pyrrole nitrogens is 1. The average Bonchev–Trinajstić information content (AvgIpc) is 3.13. The molecule has 0 radical (unpaired) electrons. The second kappa shape index (κ2) is 10.7. The van der Waals surface area contributed by atoms with E-state index in [0.717, 1.165) is 50.8 Å². The summed E-state index contributed by atoms with van der Waals surface area (Å²) >= 11 is 0. The second-order valence-corrected chi connectivity index (χ2v) is 10.1. The number of amides is 2. The molecule has 0 aliphatic carbocycles. The van der Waals surface area contributed by atoms with Crippen LogP contribution in [0.15, 0.2) is 48.7 Å². The summed E-state index contributed by atoms with van der Waals surface area (Å²) in [5, 5.41) is 0.691. The van der Waals surface area contributed by atoms with E-state index in [-0.39, 0.29) is 5.91 Å². The lowest BCUT2D eigenvalue weighted by Crippen LogP contribution is -2.48. The van der Waals surface area contributed by atoms with Crippen molar-refractivity contribution in [2.45, 2.75) is 39.2 Å². The molecule has 2 fully saturated rings. The number of benzene rings is 2. The Kier molecular flexibility index (Phi) is 7.18. The Balaban J connectivity index is 1.26. The average molecular weight is 487 g/mol. The summed E-state index contributed by atoms with van der Waals surface area (Å²) in [4.78, 5) is 48.4. The summed E-state index contributed by atoms with van der Waals surface area (Å²) in [6.07, 6.45) is 5.79. The van der Waals surface area contributed by atoms with Gasteiger partial charge in [0.05, 0.1) is 5.56 Å². The van der Waals surface area contributed by atoms with Gasteiger partial charge in [0.15, 0.2) is 0 Å². The predicted molar refractivity (Wildman–Crippen MR) is 140 cm³/mol. The van der Waals surface area contributed by atoms with Gasteiger partial charge in [0.2, 0.25) is 5.78 Å². The number of likely N-dealkylation sites (tertiary alicyclic amines) is 1. The zero-order chi connectivity index (χ0) is 25.1. The summed E-state index contributed by atoms with van der Waals surface area (Å²) in [6, 6.07) is 13.7. The van der Waals surface area contributed by atoms with Crippen LogP contribution in [-0.4, -0.2) is 76.5 Å². The van der Waals surface area contributed by atoms with E-state index in [1.807, 2.05) is 4.90 Å². The predicted octanol–water partition coefficient (Wildman–Crippen LogP) is 4.02. The van der Waals surface area contributed by atoms with Crippen LogP contribution < -0.4 is 0 Å². The number of nitrogens with one attached hydrogen (secondary N) is 1. The molecule has 1 aromatic heterocycles. The molecule has 7 heteroatoms. The minimum Gasteiger partial charge on any atom is -0.360 e. The molecule has 2 saturated heterocycles. The van der Waals surface area contributed by atoms with Crippen LogP contribution in [0.1, 0.15) is 57.5 Å². The number of hydrogen-bond donors (Lipinski definition) is 1. The Labute approximate surface area is 212 Å². The van der Waals surface area contributed by atoms with Crippen molar-refractivity contribution < 1.29 is 14.4 Å². The van der Waals surface area contributed by atoms with Crippen LogP contribution in [0.5, 0.6) is 0 Å². The highest BCUT2D eigenvalue weighted by Gasteiger charge is 2.27. The molecular formula is C29H34N4O3. The van der Waals surface area contributed by atoms with Crippen molar-refractivity contribution in [1.82, 2.24) is 19.7 Å². The van der Waals surface area contributed by atoms with E-state index in [1.54, 1.807) is 29.3 Å². The number of fused-ring (bicyclic) bond motifs is 1. The Morgan fingerprint density at radius 3 is 2.19 bits per heavy atom. The molecule has 0 bridgehead atoms. The van der Waals surface area contributed by atoms with Crippen molar-refractivity contribution in [2.75, 3.05) is 39.3 Å². The number of hydrogen-bond acceptors (Lipinski definition) is 4. The third-order valence-electron chi connectivity index (χ3n) is 7.45. The molecule has 5 rings (SSSR count). The monoisotopic (exact) mass is 486 g/mol. The molecule has 7 nitrogen and oxygen atoms in total. The normalized spacial score (nSPS) is 17.2. The fraction of sp³-hybridized carbons (Fsp3) is 0.414. The van der Waals surface area contributed by atoms with E-state index in [1.165, 1.54) is 11.1 Å². The van der Waals surface area contributed by atoms with Crippen LogP contribution in [0, 0.1) is 6.92 Å². The van der Waals surface area contributed by atoms with E-state index in [9.17, 15) is 14.4 Å². The van der Waals surface area contributed by atoms with Gasteiger partial charge in [-0.25, -0.2) is 0 Å². The first-order chi connectivity index (χ1) is 17.5. The summed E-state index contributed by atoms with van der Waals surface area (Å²) in [7, 11) is 0. The Bertz CT molecular complexity index is 1250. The third kappa shape index (κ3) is 5.21. The van der Waals surface area contributed by atoms with Gasteiger partial charge in [0, 0.05) is 68.5 Å².